The van der Waals surface area contributed by atoms with E-state index in [1.54, 1.807) is 0 Å². The average molecular weight is 371 g/mol. The first-order chi connectivity index (χ1) is 11.2. The van der Waals surface area contributed by atoms with Crippen molar-refractivity contribution in [1.29, 1.82) is 0 Å². The van der Waals surface area contributed by atoms with E-state index in [4.69, 9.17) is 9.16 Å². The summed E-state index contributed by atoms with van der Waals surface area (Å²) >= 11 is 0. The van der Waals surface area contributed by atoms with Crippen molar-refractivity contribution in [2.45, 2.75) is 83.8 Å². The van der Waals surface area contributed by atoms with Gasteiger partial charge in [-0.05, 0) is 52.4 Å². The maximum absolute atomic E-state index is 12.8. The Labute approximate surface area is 155 Å². The highest BCUT2D eigenvalue weighted by Crippen LogP contribution is 2.40. The molecule has 2 atom stereocenters. The molecule has 146 valence electrons. The third-order valence-electron chi connectivity index (χ3n) is 5.84. The van der Waals surface area contributed by atoms with Gasteiger partial charge in [-0.3, -0.25) is 0 Å². The zero-order valence-corrected chi connectivity index (χ0v) is 18.7. The number of nitrogens with zero attached hydrogens (tertiary/aromatic N) is 2. The number of carbonyl (C=O) groups is 1. The van der Waals surface area contributed by atoms with Gasteiger partial charge in [0, 0.05) is 31.6 Å². The van der Waals surface area contributed by atoms with E-state index in [0.717, 1.165) is 19.5 Å². The molecule has 0 saturated carbocycles. The molecule has 0 bridgehead atoms. The predicted molar refractivity (Wildman–Crippen MR) is 104 cm³/mol. The van der Waals surface area contributed by atoms with Crippen LogP contribution in [0, 0.1) is 5.92 Å². The van der Waals surface area contributed by atoms with Crippen molar-refractivity contribution < 1.29 is 14.0 Å². The van der Waals surface area contributed by atoms with Crippen molar-refractivity contribution in [2.75, 3.05) is 26.7 Å². The van der Waals surface area contributed by atoms with Crippen LogP contribution in [0.2, 0.25) is 18.1 Å². The van der Waals surface area contributed by atoms with E-state index in [1.807, 2.05) is 25.7 Å². The lowest BCUT2D eigenvalue weighted by molar-refractivity contribution is 0.00265. The average Bonchev–Trinajstić information content (AvgIpc) is 2.74. The van der Waals surface area contributed by atoms with Gasteiger partial charge in [0.1, 0.15) is 5.60 Å². The highest BCUT2D eigenvalue weighted by atomic mass is 28.4. The number of hydrogen-bond donors (Lipinski definition) is 0. The molecular formula is C19H38N2O3Si. The fourth-order valence-electron chi connectivity index (χ4n) is 3.47. The first-order valence-corrected chi connectivity index (χ1v) is 12.5. The predicted octanol–water partition coefficient (Wildman–Crippen LogP) is 3.95. The number of hydrogen-bond acceptors (Lipinski definition) is 4. The Bertz CT molecular complexity index is 490. The fraction of sp³-hybridized carbons (Fsp3) is 0.947. The summed E-state index contributed by atoms with van der Waals surface area (Å²) in [7, 11) is 0.291. The van der Waals surface area contributed by atoms with Crippen LogP contribution in [0.5, 0.6) is 0 Å². The first-order valence-electron chi connectivity index (χ1n) is 9.55. The molecule has 2 aliphatic heterocycles. The summed E-state index contributed by atoms with van der Waals surface area (Å²) in [4.78, 5) is 17.0. The van der Waals surface area contributed by atoms with E-state index >= 15 is 0 Å². The second-order valence-corrected chi connectivity index (χ2v) is 15.2. The second kappa shape index (κ2) is 6.85. The van der Waals surface area contributed by atoms with Crippen LogP contribution in [0.25, 0.3) is 0 Å². The molecule has 0 unspecified atom stereocenters. The Morgan fingerprint density at radius 2 is 1.60 bits per heavy atom. The maximum Gasteiger partial charge on any atom is 0.410 e. The van der Waals surface area contributed by atoms with Crippen molar-refractivity contribution >= 4 is 14.4 Å². The molecule has 2 rings (SSSR count). The molecular weight excluding hydrogens is 332 g/mol. The molecule has 0 aliphatic carbocycles. The zero-order chi connectivity index (χ0) is 19.2. The van der Waals surface area contributed by atoms with Gasteiger partial charge in [0.25, 0.3) is 0 Å². The van der Waals surface area contributed by atoms with Gasteiger partial charge in [-0.15, -0.1) is 0 Å². The van der Waals surface area contributed by atoms with Crippen LogP contribution >= 0.6 is 0 Å². The van der Waals surface area contributed by atoms with Crippen LogP contribution in [-0.2, 0) is 9.16 Å². The largest absolute Gasteiger partial charge is 0.444 e. The summed E-state index contributed by atoms with van der Waals surface area (Å²) in [6.07, 6.45) is 0.877. The van der Waals surface area contributed by atoms with E-state index in [-0.39, 0.29) is 23.3 Å². The van der Waals surface area contributed by atoms with Crippen LogP contribution in [0.3, 0.4) is 0 Å². The van der Waals surface area contributed by atoms with Crippen LogP contribution in [-0.4, -0.2) is 68.6 Å². The topological polar surface area (TPSA) is 42.0 Å². The molecule has 2 heterocycles. The molecule has 0 N–H and O–H groups in total. The highest BCUT2D eigenvalue weighted by Gasteiger charge is 2.48. The summed E-state index contributed by atoms with van der Waals surface area (Å²) in [5, 5.41) is 0.179. The minimum absolute atomic E-state index is 0.129. The van der Waals surface area contributed by atoms with E-state index in [0.29, 0.717) is 12.5 Å². The lowest BCUT2D eigenvalue weighted by Gasteiger charge is -2.43. The molecule has 0 spiro atoms. The third kappa shape index (κ3) is 4.98. The van der Waals surface area contributed by atoms with E-state index in [9.17, 15) is 4.79 Å². The molecule has 2 aliphatic rings. The van der Waals surface area contributed by atoms with Gasteiger partial charge in [-0.2, -0.15) is 0 Å². The molecule has 25 heavy (non-hydrogen) atoms. The Morgan fingerprint density at radius 1 is 1.04 bits per heavy atom. The highest BCUT2D eigenvalue weighted by molar-refractivity contribution is 6.74. The Balaban J connectivity index is 2.10. The van der Waals surface area contributed by atoms with Gasteiger partial charge >= 0.3 is 6.09 Å². The summed E-state index contributed by atoms with van der Waals surface area (Å²) in [5.74, 6) is 0.533. The molecule has 2 saturated heterocycles. The van der Waals surface area contributed by atoms with Crippen molar-refractivity contribution in [3.8, 4) is 0 Å². The Hall–Kier alpha value is -0.593. The van der Waals surface area contributed by atoms with E-state index in [1.165, 1.54) is 0 Å². The molecule has 0 aromatic rings. The summed E-state index contributed by atoms with van der Waals surface area (Å²) in [5.41, 5.74) is -0.462. The van der Waals surface area contributed by atoms with Crippen molar-refractivity contribution in [1.82, 2.24) is 9.80 Å². The molecule has 6 heteroatoms. The van der Waals surface area contributed by atoms with Crippen LogP contribution < -0.4 is 0 Å². The number of ether oxygens (including phenoxy) is 1. The van der Waals surface area contributed by atoms with Gasteiger partial charge in [-0.25, -0.2) is 4.79 Å². The van der Waals surface area contributed by atoms with Crippen LogP contribution in [0.4, 0.5) is 4.79 Å². The normalized spacial score (nSPS) is 26.7. The second-order valence-electron chi connectivity index (χ2n) is 10.4. The van der Waals surface area contributed by atoms with Crippen molar-refractivity contribution in [2.24, 2.45) is 5.92 Å². The van der Waals surface area contributed by atoms with Gasteiger partial charge < -0.3 is 19.0 Å². The Morgan fingerprint density at radius 3 is 2.04 bits per heavy atom. The molecule has 0 aromatic carbocycles. The number of likely N-dealkylation sites (tertiary alicyclic amines) is 2. The fourth-order valence-corrected chi connectivity index (χ4v) is 4.83. The van der Waals surface area contributed by atoms with Gasteiger partial charge in [0.2, 0.25) is 0 Å². The SMILES string of the molecule is CN1CC([C@@H]2C[C@@H](O[Si](C)(C)C(C)(C)C)CN2C(=O)OC(C)(C)C)C1. The summed E-state index contributed by atoms with van der Waals surface area (Å²) in [6, 6.07) is 0.237. The molecule has 5 nitrogen and oxygen atoms in total. The number of carbonyl (C=O) groups excluding carboxylic acids is 1. The van der Waals surface area contributed by atoms with Gasteiger partial charge in [-0.1, -0.05) is 20.8 Å². The lowest BCUT2D eigenvalue weighted by Crippen LogP contribution is -2.54. The minimum atomic E-state index is -1.84. The third-order valence-corrected chi connectivity index (χ3v) is 10.4. The van der Waals surface area contributed by atoms with Crippen LogP contribution in [0.1, 0.15) is 48.0 Å². The van der Waals surface area contributed by atoms with Crippen LogP contribution in [0.15, 0.2) is 0 Å². The smallest absolute Gasteiger partial charge is 0.410 e. The standard InChI is InChI=1S/C19H38N2O3Si/c1-18(2,3)23-17(22)21-13-15(24-25(8,9)19(4,5)6)10-16(21)14-11-20(7)12-14/h14-16H,10-13H2,1-9H3/t15-,16+/m1/s1. The zero-order valence-electron chi connectivity index (χ0n) is 17.7. The number of amides is 1. The quantitative estimate of drug-likeness (QED) is 0.706. The molecule has 1 amide bonds. The Kier molecular flexibility index (Phi) is 5.68. The van der Waals surface area contributed by atoms with Gasteiger partial charge in [0.05, 0.1) is 6.10 Å². The van der Waals surface area contributed by atoms with Gasteiger partial charge in [0.15, 0.2) is 8.32 Å². The van der Waals surface area contributed by atoms with Crippen molar-refractivity contribution in [3.05, 3.63) is 0 Å². The minimum Gasteiger partial charge on any atom is -0.444 e. The first kappa shape index (κ1) is 20.7. The lowest BCUT2D eigenvalue weighted by atomic mass is 9.90. The number of rotatable bonds is 3. The summed E-state index contributed by atoms with van der Waals surface area (Å²) in [6.45, 7) is 19.9. The summed E-state index contributed by atoms with van der Waals surface area (Å²) < 4.78 is 12.3. The molecule has 0 aromatic heterocycles. The van der Waals surface area contributed by atoms with E-state index in [2.05, 4.69) is 45.8 Å². The van der Waals surface area contributed by atoms with E-state index < -0.39 is 13.9 Å². The molecule has 2 fully saturated rings. The molecule has 0 radical (unpaired) electrons. The van der Waals surface area contributed by atoms with Crippen molar-refractivity contribution in [3.63, 3.8) is 0 Å². The maximum atomic E-state index is 12.8. The monoisotopic (exact) mass is 370 g/mol.